The van der Waals surface area contributed by atoms with Crippen LogP contribution in [0, 0.1) is 0 Å². The van der Waals surface area contributed by atoms with Crippen LogP contribution in [-0.4, -0.2) is 28.3 Å². The number of imidazole rings is 1. The smallest absolute Gasteiger partial charge is 0.277 e. The maximum atomic E-state index is 12.0. The fraction of sp³-hybridized carbons (Fsp3) is 0.105. The van der Waals surface area contributed by atoms with Gasteiger partial charge in [0.25, 0.3) is 5.91 Å². The quantitative estimate of drug-likeness (QED) is 0.439. The molecule has 0 fully saturated rings. The van der Waals surface area contributed by atoms with Gasteiger partial charge >= 0.3 is 0 Å². The van der Waals surface area contributed by atoms with E-state index in [-0.39, 0.29) is 17.7 Å². The van der Waals surface area contributed by atoms with Gasteiger partial charge in [-0.3, -0.25) is 4.79 Å². The highest BCUT2D eigenvalue weighted by molar-refractivity contribution is 6.40. The second-order valence-corrected chi connectivity index (χ2v) is 6.85. The number of carbonyl (C=O) groups is 1. The van der Waals surface area contributed by atoms with Crippen molar-refractivity contribution in [2.45, 2.75) is 6.54 Å². The van der Waals surface area contributed by atoms with Gasteiger partial charge in [0.2, 0.25) is 0 Å². The van der Waals surface area contributed by atoms with E-state index >= 15 is 0 Å². The van der Waals surface area contributed by atoms with Crippen LogP contribution in [0.3, 0.4) is 0 Å². The summed E-state index contributed by atoms with van der Waals surface area (Å²) < 4.78 is 7.31. The SMILES string of the molecule is O=C(COc1ccccc1Cn1cnc(Cl)c1Cl)NN=Cc1ccc(Cl)cc1. The number of rotatable bonds is 7. The lowest BCUT2D eigenvalue weighted by Gasteiger charge is -2.11. The van der Waals surface area contributed by atoms with E-state index in [0.29, 0.717) is 22.5 Å². The number of benzene rings is 2. The zero-order valence-corrected chi connectivity index (χ0v) is 16.7. The molecule has 1 heterocycles. The third kappa shape index (κ3) is 5.48. The number of carbonyl (C=O) groups excluding carboxylic acids is 1. The van der Waals surface area contributed by atoms with Gasteiger partial charge in [-0.1, -0.05) is 65.1 Å². The second-order valence-electron chi connectivity index (χ2n) is 5.70. The molecule has 1 amide bonds. The number of hydrogen-bond donors (Lipinski definition) is 1. The van der Waals surface area contributed by atoms with Crippen molar-refractivity contribution in [3.8, 4) is 5.75 Å². The zero-order valence-electron chi connectivity index (χ0n) is 14.5. The van der Waals surface area contributed by atoms with Crippen LogP contribution in [-0.2, 0) is 11.3 Å². The summed E-state index contributed by atoms with van der Waals surface area (Å²) in [7, 11) is 0. The van der Waals surface area contributed by atoms with E-state index in [0.717, 1.165) is 11.1 Å². The summed E-state index contributed by atoms with van der Waals surface area (Å²) in [5, 5.41) is 5.10. The average Bonchev–Trinajstić information content (AvgIpc) is 3.01. The molecule has 0 aliphatic heterocycles. The molecule has 28 heavy (non-hydrogen) atoms. The molecule has 1 N–H and O–H groups in total. The van der Waals surface area contributed by atoms with Crippen LogP contribution in [0.25, 0.3) is 0 Å². The van der Waals surface area contributed by atoms with Gasteiger partial charge in [-0.2, -0.15) is 5.10 Å². The molecule has 0 saturated heterocycles. The lowest BCUT2D eigenvalue weighted by atomic mass is 10.2. The van der Waals surface area contributed by atoms with E-state index in [1.54, 1.807) is 41.2 Å². The first kappa shape index (κ1) is 20.2. The van der Waals surface area contributed by atoms with E-state index in [4.69, 9.17) is 39.5 Å². The Bertz CT molecular complexity index is 987. The maximum absolute atomic E-state index is 12.0. The van der Waals surface area contributed by atoms with Crippen molar-refractivity contribution in [1.29, 1.82) is 0 Å². The normalized spacial score (nSPS) is 11.0. The summed E-state index contributed by atoms with van der Waals surface area (Å²) in [6.45, 7) is 0.221. The standard InChI is InChI=1S/C19H15Cl3N4O2/c20-15-7-5-13(6-8-15)9-24-25-17(27)11-28-16-4-2-1-3-14(16)10-26-12-23-18(21)19(26)22/h1-9,12H,10-11H2,(H,25,27). The van der Waals surface area contributed by atoms with E-state index in [1.165, 1.54) is 6.21 Å². The first-order valence-corrected chi connectivity index (χ1v) is 9.30. The highest BCUT2D eigenvalue weighted by Gasteiger charge is 2.10. The van der Waals surface area contributed by atoms with Gasteiger partial charge < -0.3 is 9.30 Å². The molecule has 0 spiro atoms. The molecule has 0 radical (unpaired) electrons. The Kier molecular flexibility index (Phi) is 6.92. The van der Waals surface area contributed by atoms with Crippen LogP contribution in [0.5, 0.6) is 5.75 Å². The molecule has 0 aliphatic carbocycles. The monoisotopic (exact) mass is 436 g/mol. The van der Waals surface area contributed by atoms with Crippen molar-refractivity contribution >= 4 is 46.9 Å². The van der Waals surface area contributed by atoms with Crippen LogP contribution in [0.1, 0.15) is 11.1 Å². The van der Waals surface area contributed by atoms with E-state index in [2.05, 4.69) is 15.5 Å². The molecule has 0 saturated carbocycles. The van der Waals surface area contributed by atoms with E-state index in [9.17, 15) is 4.79 Å². The number of aromatic nitrogens is 2. The van der Waals surface area contributed by atoms with Crippen molar-refractivity contribution in [2.24, 2.45) is 5.10 Å². The molecule has 1 aromatic heterocycles. The number of nitrogens with one attached hydrogen (secondary N) is 1. The Morgan fingerprint density at radius 2 is 1.89 bits per heavy atom. The molecule has 0 atom stereocenters. The lowest BCUT2D eigenvalue weighted by molar-refractivity contribution is -0.123. The van der Waals surface area contributed by atoms with Gasteiger partial charge in [-0.25, -0.2) is 10.4 Å². The van der Waals surface area contributed by atoms with Gasteiger partial charge in [0.05, 0.1) is 19.1 Å². The molecule has 3 aromatic rings. The van der Waals surface area contributed by atoms with Gasteiger partial charge in [0.15, 0.2) is 11.8 Å². The summed E-state index contributed by atoms with van der Waals surface area (Å²) in [5.41, 5.74) is 4.06. The molecular weight excluding hydrogens is 423 g/mol. The number of halogens is 3. The lowest BCUT2D eigenvalue weighted by Crippen LogP contribution is -2.25. The largest absolute Gasteiger partial charge is 0.483 e. The topological polar surface area (TPSA) is 68.5 Å². The Labute approximate surface area is 176 Å². The number of ether oxygens (including phenoxy) is 1. The van der Waals surface area contributed by atoms with Gasteiger partial charge in [0, 0.05) is 10.6 Å². The van der Waals surface area contributed by atoms with Crippen LogP contribution >= 0.6 is 34.8 Å². The van der Waals surface area contributed by atoms with E-state index in [1.807, 2.05) is 18.2 Å². The molecular formula is C19H15Cl3N4O2. The van der Waals surface area contributed by atoms with E-state index < -0.39 is 0 Å². The van der Waals surface area contributed by atoms with Gasteiger partial charge in [-0.15, -0.1) is 0 Å². The number of hydrazone groups is 1. The molecule has 2 aromatic carbocycles. The molecule has 3 rings (SSSR count). The second kappa shape index (κ2) is 9.59. The fourth-order valence-corrected chi connectivity index (χ4v) is 2.75. The Hall–Kier alpha value is -2.54. The predicted octanol–water partition coefficient (Wildman–Crippen LogP) is 4.42. The Morgan fingerprint density at radius 1 is 1.14 bits per heavy atom. The van der Waals surface area contributed by atoms with Crippen molar-refractivity contribution in [2.75, 3.05) is 6.61 Å². The minimum atomic E-state index is -0.385. The van der Waals surface area contributed by atoms with Crippen LogP contribution < -0.4 is 10.2 Å². The van der Waals surface area contributed by atoms with Crippen molar-refractivity contribution in [3.63, 3.8) is 0 Å². The maximum Gasteiger partial charge on any atom is 0.277 e. The minimum Gasteiger partial charge on any atom is -0.483 e. The summed E-state index contributed by atoms with van der Waals surface area (Å²) in [6, 6.07) is 14.4. The fourth-order valence-electron chi connectivity index (χ4n) is 2.32. The van der Waals surface area contributed by atoms with Crippen LogP contribution in [0.15, 0.2) is 60.0 Å². The minimum absolute atomic E-state index is 0.187. The van der Waals surface area contributed by atoms with Crippen molar-refractivity contribution in [3.05, 3.63) is 81.3 Å². The van der Waals surface area contributed by atoms with Crippen molar-refractivity contribution < 1.29 is 9.53 Å². The molecule has 0 bridgehead atoms. The molecule has 0 unspecified atom stereocenters. The van der Waals surface area contributed by atoms with Gasteiger partial charge in [-0.05, 0) is 23.8 Å². The summed E-state index contributed by atoms with van der Waals surface area (Å²) >= 11 is 17.8. The Morgan fingerprint density at radius 3 is 2.61 bits per heavy atom. The molecule has 6 nitrogen and oxygen atoms in total. The third-order valence-electron chi connectivity index (χ3n) is 3.68. The average molecular weight is 438 g/mol. The number of hydrogen-bond acceptors (Lipinski definition) is 4. The molecule has 9 heteroatoms. The molecule has 144 valence electrons. The van der Waals surface area contributed by atoms with Gasteiger partial charge in [0.1, 0.15) is 10.9 Å². The zero-order chi connectivity index (χ0) is 19.9. The third-order valence-corrected chi connectivity index (χ3v) is 4.70. The summed E-state index contributed by atoms with van der Waals surface area (Å²) in [5.74, 6) is 0.170. The summed E-state index contributed by atoms with van der Waals surface area (Å²) in [6.07, 6.45) is 3.06. The number of nitrogens with zero attached hydrogens (tertiary/aromatic N) is 3. The molecule has 0 aliphatic rings. The Balaban J connectivity index is 1.56. The highest BCUT2D eigenvalue weighted by Crippen LogP contribution is 2.24. The van der Waals surface area contributed by atoms with Crippen LogP contribution in [0.4, 0.5) is 0 Å². The number of para-hydroxylation sites is 1. The van der Waals surface area contributed by atoms with Crippen molar-refractivity contribution in [1.82, 2.24) is 15.0 Å². The summed E-state index contributed by atoms with van der Waals surface area (Å²) in [4.78, 5) is 15.9. The number of amides is 1. The first-order chi connectivity index (χ1) is 13.5. The van der Waals surface area contributed by atoms with Crippen LogP contribution in [0.2, 0.25) is 15.3 Å². The predicted molar refractivity (Wildman–Crippen MR) is 110 cm³/mol. The first-order valence-electron chi connectivity index (χ1n) is 8.17. The highest BCUT2D eigenvalue weighted by atomic mass is 35.5.